The first-order valence-electron chi connectivity index (χ1n) is 10.5. The third-order valence-corrected chi connectivity index (χ3v) is 6.63. The van der Waals surface area contributed by atoms with Gasteiger partial charge in [-0.15, -0.1) is 0 Å². The lowest BCUT2D eigenvalue weighted by Crippen LogP contribution is -2.67. The van der Waals surface area contributed by atoms with Crippen molar-refractivity contribution in [2.45, 2.75) is 25.0 Å². The molecule has 2 aromatic carbocycles. The maximum Gasteiger partial charge on any atom is 0.255 e. The van der Waals surface area contributed by atoms with E-state index in [4.69, 9.17) is 4.74 Å². The van der Waals surface area contributed by atoms with Crippen LogP contribution in [0.3, 0.4) is 0 Å². The SMILES string of the molecule is COc1ccc2[nH]c3c(c2c1)CCN1C(=O)CN(CC(O)c2ccccc2)C(=O)C31C. The summed E-state index contributed by atoms with van der Waals surface area (Å²) in [5.74, 6) is 0.464. The van der Waals surface area contributed by atoms with Gasteiger partial charge in [-0.1, -0.05) is 30.3 Å². The first kappa shape index (κ1) is 19.6. The average molecular weight is 419 g/mol. The number of rotatable bonds is 4. The van der Waals surface area contributed by atoms with Crippen LogP contribution in [0.4, 0.5) is 0 Å². The maximum absolute atomic E-state index is 13.7. The van der Waals surface area contributed by atoms with Crippen LogP contribution in [0.5, 0.6) is 5.75 Å². The molecule has 1 fully saturated rings. The second kappa shape index (κ2) is 7.13. The zero-order chi connectivity index (χ0) is 21.8. The Bertz CT molecular complexity index is 1170. The predicted octanol–water partition coefficient (Wildman–Crippen LogP) is 2.35. The smallest absolute Gasteiger partial charge is 0.255 e. The number of aromatic amines is 1. The topological polar surface area (TPSA) is 85.9 Å². The van der Waals surface area contributed by atoms with Crippen molar-refractivity contribution in [1.82, 2.24) is 14.8 Å². The molecule has 1 saturated heterocycles. The number of benzene rings is 2. The number of β-amino-alcohol motifs (C(OH)–C–C–N with tert-alkyl or cyclic N) is 1. The van der Waals surface area contributed by atoms with E-state index in [2.05, 4.69) is 4.98 Å². The molecule has 7 nitrogen and oxygen atoms in total. The fourth-order valence-electron chi connectivity index (χ4n) is 4.97. The van der Waals surface area contributed by atoms with Crippen LogP contribution in [0.25, 0.3) is 10.9 Å². The van der Waals surface area contributed by atoms with Gasteiger partial charge in [-0.25, -0.2) is 0 Å². The second-order valence-electron chi connectivity index (χ2n) is 8.37. The van der Waals surface area contributed by atoms with E-state index < -0.39 is 11.6 Å². The number of carbonyl (C=O) groups is 2. The van der Waals surface area contributed by atoms with Gasteiger partial charge in [0.2, 0.25) is 5.91 Å². The zero-order valence-electron chi connectivity index (χ0n) is 17.6. The normalized spacial score (nSPS) is 21.8. The van der Waals surface area contributed by atoms with Crippen LogP contribution in [0.2, 0.25) is 0 Å². The van der Waals surface area contributed by atoms with Crippen molar-refractivity contribution in [3.8, 4) is 5.75 Å². The molecule has 3 heterocycles. The number of aromatic nitrogens is 1. The number of carbonyl (C=O) groups excluding carboxylic acids is 2. The van der Waals surface area contributed by atoms with Gasteiger partial charge in [0.15, 0.2) is 5.54 Å². The number of hydrogen-bond acceptors (Lipinski definition) is 4. The van der Waals surface area contributed by atoms with Crippen LogP contribution in [-0.4, -0.2) is 58.4 Å². The number of amides is 2. The number of fused-ring (bicyclic) bond motifs is 5. The maximum atomic E-state index is 13.7. The van der Waals surface area contributed by atoms with E-state index in [0.29, 0.717) is 13.0 Å². The summed E-state index contributed by atoms with van der Waals surface area (Å²) in [5.41, 5.74) is 2.29. The van der Waals surface area contributed by atoms with Crippen molar-refractivity contribution < 1.29 is 19.4 Å². The fourth-order valence-corrected chi connectivity index (χ4v) is 4.97. The van der Waals surface area contributed by atoms with E-state index in [1.807, 2.05) is 48.5 Å². The number of nitrogens with zero attached hydrogens (tertiary/aromatic N) is 2. The molecule has 160 valence electrons. The molecule has 7 heteroatoms. The second-order valence-corrected chi connectivity index (χ2v) is 8.37. The van der Waals surface area contributed by atoms with Gasteiger partial charge >= 0.3 is 0 Å². The van der Waals surface area contributed by atoms with Gasteiger partial charge in [0.25, 0.3) is 5.91 Å². The van der Waals surface area contributed by atoms with Crippen molar-refractivity contribution in [1.29, 1.82) is 0 Å². The summed E-state index contributed by atoms with van der Waals surface area (Å²) in [6.45, 7) is 2.33. The summed E-state index contributed by atoms with van der Waals surface area (Å²) in [6.07, 6.45) is -0.188. The molecule has 2 amide bonds. The Morgan fingerprint density at radius 1 is 1.19 bits per heavy atom. The van der Waals surface area contributed by atoms with Gasteiger partial charge in [0, 0.05) is 17.4 Å². The molecule has 3 aromatic rings. The minimum atomic E-state index is -1.13. The van der Waals surface area contributed by atoms with Gasteiger partial charge in [-0.05, 0) is 42.7 Å². The quantitative estimate of drug-likeness (QED) is 0.680. The van der Waals surface area contributed by atoms with Gasteiger partial charge in [-0.2, -0.15) is 0 Å². The summed E-state index contributed by atoms with van der Waals surface area (Å²) >= 11 is 0. The number of ether oxygens (including phenoxy) is 1. The number of methoxy groups -OCH3 is 1. The highest BCUT2D eigenvalue weighted by atomic mass is 16.5. The molecule has 2 N–H and O–H groups in total. The summed E-state index contributed by atoms with van der Waals surface area (Å²) in [7, 11) is 1.63. The summed E-state index contributed by atoms with van der Waals surface area (Å²) < 4.78 is 5.37. The number of nitrogens with one attached hydrogen (secondary N) is 1. The number of aliphatic hydroxyl groups is 1. The van der Waals surface area contributed by atoms with Crippen LogP contribution >= 0.6 is 0 Å². The van der Waals surface area contributed by atoms with Crippen molar-refractivity contribution >= 4 is 22.7 Å². The number of hydrogen-bond donors (Lipinski definition) is 2. The van der Waals surface area contributed by atoms with Crippen LogP contribution in [0.1, 0.15) is 29.8 Å². The molecule has 2 aliphatic heterocycles. The van der Waals surface area contributed by atoms with Crippen molar-refractivity contribution in [3.63, 3.8) is 0 Å². The Labute approximate surface area is 180 Å². The number of piperazine rings is 1. The van der Waals surface area contributed by atoms with Gasteiger partial charge in [0.05, 0.1) is 32.0 Å². The largest absolute Gasteiger partial charge is 0.497 e. The van der Waals surface area contributed by atoms with E-state index in [1.165, 1.54) is 4.90 Å². The van der Waals surface area contributed by atoms with Crippen molar-refractivity contribution in [2.75, 3.05) is 26.7 Å². The molecule has 0 radical (unpaired) electrons. The first-order chi connectivity index (χ1) is 14.9. The Morgan fingerprint density at radius 3 is 2.71 bits per heavy atom. The van der Waals surface area contributed by atoms with E-state index in [9.17, 15) is 14.7 Å². The fraction of sp³-hybridized carbons (Fsp3) is 0.333. The minimum Gasteiger partial charge on any atom is -0.497 e. The van der Waals surface area contributed by atoms with Gasteiger partial charge in [-0.3, -0.25) is 9.59 Å². The van der Waals surface area contributed by atoms with Crippen LogP contribution < -0.4 is 4.74 Å². The number of H-pyrrole nitrogens is 1. The molecule has 0 spiro atoms. The monoisotopic (exact) mass is 419 g/mol. The molecule has 0 bridgehead atoms. The Morgan fingerprint density at radius 2 is 1.97 bits per heavy atom. The Balaban J connectivity index is 1.54. The number of aliphatic hydroxyl groups excluding tert-OH is 1. The molecule has 0 aliphatic carbocycles. The lowest BCUT2D eigenvalue weighted by Gasteiger charge is -2.49. The lowest BCUT2D eigenvalue weighted by atomic mass is 9.83. The average Bonchev–Trinajstić information content (AvgIpc) is 3.17. The van der Waals surface area contributed by atoms with Crippen LogP contribution in [0, 0.1) is 0 Å². The van der Waals surface area contributed by atoms with E-state index in [-0.39, 0.29) is 24.9 Å². The third kappa shape index (κ3) is 2.91. The first-order valence-corrected chi connectivity index (χ1v) is 10.5. The molecule has 31 heavy (non-hydrogen) atoms. The van der Waals surface area contributed by atoms with Crippen molar-refractivity contribution in [2.24, 2.45) is 0 Å². The molecule has 5 rings (SSSR count). The molecular formula is C24H25N3O4. The highest BCUT2D eigenvalue weighted by Crippen LogP contribution is 2.42. The molecule has 1 aromatic heterocycles. The van der Waals surface area contributed by atoms with Gasteiger partial charge in [0.1, 0.15) is 5.75 Å². The van der Waals surface area contributed by atoms with Gasteiger partial charge < -0.3 is 24.6 Å². The van der Waals surface area contributed by atoms with E-state index in [1.54, 1.807) is 18.9 Å². The van der Waals surface area contributed by atoms with Crippen molar-refractivity contribution in [3.05, 3.63) is 65.4 Å². The Kier molecular flexibility index (Phi) is 4.51. The molecular weight excluding hydrogens is 394 g/mol. The molecule has 0 saturated carbocycles. The molecule has 2 atom stereocenters. The van der Waals surface area contributed by atoms with E-state index in [0.717, 1.165) is 33.5 Å². The summed E-state index contributed by atoms with van der Waals surface area (Å²) in [4.78, 5) is 33.3. The summed E-state index contributed by atoms with van der Waals surface area (Å²) in [5, 5.41) is 11.7. The van der Waals surface area contributed by atoms with E-state index >= 15 is 0 Å². The zero-order valence-corrected chi connectivity index (χ0v) is 17.6. The minimum absolute atomic E-state index is 0.0261. The highest BCUT2D eigenvalue weighted by molar-refractivity contribution is 6.00. The Hall–Kier alpha value is -3.32. The standard InChI is InChI=1S/C24H25N3O4/c1-24-22-17(18-12-16(31-2)8-9-19(18)25-22)10-11-27(24)21(29)14-26(23(24)30)13-20(28)15-6-4-3-5-7-15/h3-9,12,20,25,28H,10-11,13-14H2,1-2H3. The molecule has 2 unspecified atom stereocenters. The molecule has 2 aliphatic rings. The predicted molar refractivity (Wildman–Crippen MR) is 116 cm³/mol. The summed E-state index contributed by atoms with van der Waals surface area (Å²) in [6, 6.07) is 15.0. The lowest BCUT2D eigenvalue weighted by molar-refractivity contribution is -0.167. The van der Waals surface area contributed by atoms with Crippen LogP contribution in [-0.2, 0) is 21.5 Å². The third-order valence-electron chi connectivity index (χ3n) is 6.63. The highest BCUT2D eigenvalue weighted by Gasteiger charge is 2.54. The van der Waals surface area contributed by atoms with Crippen LogP contribution in [0.15, 0.2) is 48.5 Å².